The molecule has 3 amide bonds. The zero-order valence-electron chi connectivity index (χ0n) is 16.0. The Hall–Kier alpha value is -1.74. The third-order valence-corrected chi connectivity index (χ3v) is 5.15. The van der Waals surface area contributed by atoms with Crippen LogP contribution in [0.25, 0.3) is 0 Å². The number of anilines is 1. The van der Waals surface area contributed by atoms with Crippen molar-refractivity contribution in [1.82, 2.24) is 25.5 Å². The van der Waals surface area contributed by atoms with E-state index in [1.807, 2.05) is 25.7 Å². The highest BCUT2D eigenvalue weighted by Gasteiger charge is 2.28. The van der Waals surface area contributed by atoms with E-state index in [9.17, 15) is 9.59 Å². The predicted octanol–water partition coefficient (Wildman–Crippen LogP) is 1.99. The fraction of sp³-hybridized carbons (Fsp3) is 0.647. The molecule has 8 nitrogen and oxygen atoms in total. The lowest BCUT2D eigenvalue weighted by Crippen LogP contribution is -2.56. The monoisotopic (exact) mass is 414 g/mol. The van der Waals surface area contributed by atoms with Gasteiger partial charge in [0.15, 0.2) is 5.16 Å². The fourth-order valence-electron chi connectivity index (χ4n) is 2.78. The van der Waals surface area contributed by atoms with Gasteiger partial charge < -0.3 is 20.4 Å². The van der Waals surface area contributed by atoms with Gasteiger partial charge in [0.25, 0.3) is 0 Å². The molecular weight excluding hydrogens is 388 g/mol. The van der Waals surface area contributed by atoms with Crippen molar-refractivity contribution >= 4 is 41.1 Å². The second-order valence-corrected chi connectivity index (χ2v) is 7.62. The molecule has 1 fully saturated rings. The number of nitrogens with zero attached hydrogens (tertiary/aromatic N) is 4. The van der Waals surface area contributed by atoms with Gasteiger partial charge in [0.2, 0.25) is 5.91 Å². The molecule has 0 aliphatic carbocycles. The first-order valence-corrected chi connectivity index (χ1v) is 10.5. The summed E-state index contributed by atoms with van der Waals surface area (Å²) in [7, 11) is 0. The molecule has 2 heterocycles. The van der Waals surface area contributed by atoms with Crippen molar-refractivity contribution in [3.8, 4) is 0 Å². The molecule has 0 unspecified atom stereocenters. The van der Waals surface area contributed by atoms with Gasteiger partial charge in [0, 0.05) is 44.8 Å². The molecule has 1 saturated heterocycles. The molecule has 0 aromatic carbocycles. The summed E-state index contributed by atoms with van der Waals surface area (Å²) in [5.74, 6) is 0.922. The standard InChI is InChI=1S/C17H27ClN6O2S/c1-4-6-20-15(25)11-27-16-21-13(18)9-14(22-16)23-7-8-24(12(3)10-23)17(26)19-5-2/h9,12H,4-8,10-11H2,1-3H3,(H,19,26)(H,20,25)/t12-/m1/s1. The Kier molecular flexibility index (Phi) is 8.43. The second kappa shape index (κ2) is 10.6. The molecule has 0 bridgehead atoms. The number of rotatable bonds is 7. The van der Waals surface area contributed by atoms with Crippen LogP contribution in [0.15, 0.2) is 11.2 Å². The first-order chi connectivity index (χ1) is 12.9. The maximum atomic E-state index is 12.1. The molecule has 10 heteroatoms. The van der Waals surface area contributed by atoms with E-state index in [-0.39, 0.29) is 23.7 Å². The van der Waals surface area contributed by atoms with Crippen LogP contribution >= 0.6 is 23.4 Å². The lowest BCUT2D eigenvalue weighted by atomic mass is 10.2. The maximum absolute atomic E-state index is 12.1. The minimum atomic E-state index is -0.0452. The van der Waals surface area contributed by atoms with Crippen LogP contribution in [0, 0.1) is 0 Å². The number of hydrogen-bond acceptors (Lipinski definition) is 6. The van der Waals surface area contributed by atoms with E-state index in [0.717, 1.165) is 6.42 Å². The molecule has 1 atom stereocenters. The quantitative estimate of drug-likeness (QED) is 0.403. The fourth-order valence-corrected chi connectivity index (χ4v) is 3.69. The summed E-state index contributed by atoms with van der Waals surface area (Å²) in [6.45, 7) is 9.13. The lowest BCUT2D eigenvalue weighted by molar-refractivity contribution is -0.118. The van der Waals surface area contributed by atoms with Crippen molar-refractivity contribution in [1.29, 1.82) is 0 Å². The largest absolute Gasteiger partial charge is 0.355 e. The minimum absolute atomic E-state index is 0.0419. The van der Waals surface area contributed by atoms with E-state index < -0.39 is 0 Å². The van der Waals surface area contributed by atoms with Crippen LogP contribution < -0.4 is 15.5 Å². The number of hydrogen-bond donors (Lipinski definition) is 2. The number of aromatic nitrogens is 2. The van der Waals surface area contributed by atoms with Crippen molar-refractivity contribution in [3.63, 3.8) is 0 Å². The highest BCUT2D eigenvalue weighted by Crippen LogP contribution is 2.24. The first kappa shape index (κ1) is 21.6. The third kappa shape index (κ3) is 6.42. The summed E-state index contributed by atoms with van der Waals surface area (Å²) in [6, 6.07) is 1.73. The summed E-state index contributed by atoms with van der Waals surface area (Å²) in [5.41, 5.74) is 0. The Balaban J connectivity index is 1.99. The summed E-state index contributed by atoms with van der Waals surface area (Å²) in [4.78, 5) is 36.5. The van der Waals surface area contributed by atoms with Crippen LogP contribution in [0.1, 0.15) is 27.2 Å². The number of carbonyl (C=O) groups is 2. The van der Waals surface area contributed by atoms with Crippen molar-refractivity contribution < 1.29 is 9.59 Å². The van der Waals surface area contributed by atoms with E-state index >= 15 is 0 Å². The van der Waals surface area contributed by atoms with Gasteiger partial charge >= 0.3 is 6.03 Å². The highest BCUT2D eigenvalue weighted by molar-refractivity contribution is 7.99. The van der Waals surface area contributed by atoms with Crippen LogP contribution in [0.2, 0.25) is 5.15 Å². The average Bonchev–Trinajstić information content (AvgIpc) is 2.64. The molecule has 2 rings (SSSR count). The van der Waals surface area contributed by atoms with E-state index in [1.165, 1.54) is 11.8 Å². The van der Waals surface area contributed by atoms with Crippen LogP contribution in [0.4, 0.5) is 10.6 Å². The Morgan fingerprint density at radius 1 is 1.30 bits per heavy atom. The molecular formula is C17H27ClN6O2S. The number of carbonyl (C=O) groups excluding carboxylic acids is 2. The molecule has 150 valence electrons. The number of urea groups is 1. The molecule has 0 spiro atoms. The number of amides is 3. The van der Waals surface area contributed by atoms with Gasteiger partial charge in [0.05, 0.1) is 5.75 Å². The molecule has 0 radical (unpaired) electrons. The van der Waals surface area contributed by atoms with Crippen molar-refractivity contribution in [2.24, 2.45) is 0 Å². The second-order valence-electron chi connectivity index (χ2n) is 6.29. The summed E-state index contributed by atoms with van der Waals surface area (Å²) in [5, 5.41) is 6.48. The molecule has 0 saturated carbocycles. The van der Waals surface area contributed by atoms with E-state index in [1.54, 1.807) is 6.07 Å². The summed E-state index contributed by atoms with van der Waals surface area (Å²) >= 11 is 7.42. The van der Waals surface area contributed by atoms with Crippen molar-refractivity contribution in [2.75, 3.05) is 43.4 Å². The molecule has 1 aromatic rings. The van der Waals surface area contributed by atoms with Crippen molar-refractivity contribution in [2.45, 2.75) is 38.4 Å². The Labute approximate surface area is 169 Å². The van der Waals surface area contributed by atoms with Crippen LogP contribution in [0.5, 0.6) is 0 Å². The van der Waals surface area contributed by atoms with Crippen LogP contribution in [-0.4, -0.2) is 71.3 Å². The van der Waals surface area contributed by atoms with Gasteiger partial charge in [-0.3, -0.25) is 4.79 Å². The van der Waals surface area contributed by atoms with Gasteiger partial charge in [-0.2, -0.15) is 0 Å². The smallest absolute Gasteiger partial charge is 0.317 e. The van der Waals surface area contributed by atoms with Gasteiger partial charge in [-0.1, -0.05) is 30.3 Å². The number of nitrogens with one attached hydrogen (secondary N) is 2. The van der Waals surface area contributed by atoms with Crippen LogP contribution in [0.3, 0.4) is 0 Å². The SMILES string of the molecule is CCCNC(=O)CSc1nc(Cl)cc(N2CCN(C(=O)NCC)[C@H](C)C2)n1. The van der Waals surface area contributed by atoms with E-state index in [2.05, 4.69) is 25.5 Å². The summed E-state index contributed by atoms with van der Waals surface area (Å²) in [6.07, 6.45) is 0.897. The van der Waals surface area contributed by atoms with Gasteiger partial charge in [-0.25, -0.2) is 14.8 Å². The van der Waals surface area contributed by atoms with Gasteiger partial charge in [-0.15, -0.1) is 0 Å². The Bertz CT molecular complexity index is 662. The first-order valence-electron chi connectivity index (χ1n) is 9.18. The Morgan fingerprint density at radius 3 is 2.74 bits per heavy atom. The highest BCUT2D eigenvalue weighted by atomic mass is 35.5. The number of piperazine rings is 1. The lowest BCUT2D eigenvalue weighted by Gasteiger charge is -2.40. The third-order valence-electron chi connectivity index (χ3n) is 4.11. The predicted molar refractivity (Wildman–Crippen MR) is 109 cm³/mol. The van der Waals surface area contributed by atoms with Gasteiger partial charge in [0.1, 0.15) is 11.0 Å². The molecule has 27 heavy (non-hydrogen) atoms. The maximum Gasteiger partial charge on any atom is 0.317 e. The Morgan fingerprint density at radius 2 is 2.07 bits per heavy atom. The normalized spacial score (nSPS) is 17.0. The molecule has 1 aromatic heterocycles. The zero-order valence-corrected chi connectivity index (χ0v) is 17.6. The minimum Gasteiger partial charge on any atom is -0.355 e. The van der Waals surface area contributed by atoms with Crippen molar-refractivity contribution in [3.05, 3.63) is 11.2 Å². The number of halogens is 1. The van der Waals surface area contributed by atoms with E-state index in [0.29, 0.717) is 48.9 Å². The van der Waals surface area contributed by atoms with Gasteiger partial charge in [-0.05, 0) is 20.3 Å². The molecule has 1 aliphatic heterocycles. The summed E-state index contributed by atoms with van der Waals surface area (Å²) < 4.78 is 0. The topological polar surface area (TPSA) is 90.5 Å². The zero-order chi connectivity index (χ0) is 19.8. The van der Waals surface area contributed by atoms with Crippen LogP contribution in [-0.2, 0) is 4.79 Å². The van der Waals surface area contributed by atoms with E-state index in [4.69, 9.17) is 11.6 Å². The molecule has 1 aliphatic rings. The molecule has 2 N–H and O–H groups in total. The number of thioether (sulfide) groups is 1. The average molecular weight is 415 g/mol.